The maximum Gasteiger partial charge on any atom is 0.177 e. The van der Waals surface area contributed by atoms with Crippen LogP contribution in [0.4, 0.5) is 0 Å². The van der Waals surface area contributed by atoms with Crippen LogP contribution in [0.5, 0.6) is 5.75 Å². The number of rotatable bonds is 2. The number of amidine groups is 1. The average Bonchev–Trinajstić information content (AvgIpc) is 2.39. The van der Waals surface area contributed by atoms with E-state index in [9.17, 15) is 0 Å². The Balaban J connectivity index is 2.20. The topological polar surface area (TPSA) is 46.0 Å². The Kier molecular flexibility index (Phi) is 3.46. The van der Waals surface area contributed by atoms with Gasteiger partial charge >= 0.3 is 0 Å². The average molecular weight is 235 g/mol. The number of hydrogen-bond donors (Lipinski definition) is 1. The van der Waals surface area contributed by atoms with Crippen LogP contribution in [0, 0.1) is 0 Å². The summed E-state index contributed by atoms with van der Waals surface area (Å²) in [4.78, 5) is 4.50. The second-order valence-corrected chi connectivity index (χ2v) is 4.04. The summed E-state index contributed by atoms with van der Waals surface area (Å²) in [5, 5.41) is 4.91. The van der Waals surface area contributed by atoms with Crippen LogP contribution in [0.3, 0.4) is 0 Å². The molecule has 1 unspecified atom stereocenters. The summed E-state index contributed by atoms with van der Waals surface area (Å²) in [7, 11) is 1.66. The van der Waals surface area contributed by atoms with Gasteiger partial charge in [0.1, 0.15) is 11.8 Å². The van der Waals surface area contributed by atoms with E-state index >= 15 is 0 Å². The summed E-state index contributed by atoms with van der Waals surface area (Å²) in [6.07, 6.45) is 3.76. The molecule has 0 bridgehead atoms. The molecule has 1 atom stereocenters. The first kappa shape index (κ1) is 11.0. The van der Waals surface area contributed by atoms with Crippen LogP contribution in [0.1, 0.15) is 11.6 Å². The molecule has 2 rings (SSSR count). The van der Waals surface area contributed by atoms with E-state index in [0.717, 1.165) is 16.5 Å². The van der Waals surface area contributed by atoms with E-state index in [0.29, 0.717) is 0 Å². The zero-order valence-electron chi connectivity index (χ0n) is 9.18. The van der Waals surface area contributed by atoms with E-state index in [4.69, 9.17) is 4.74 Å². The Hall–Kier alpha value is -1.49. The molecule has 84 valence electrons. The second-order valence-electron chi connectivity index (χ2n) is 3.25. The minimum absolute atomic E-state index is 0.00499. The van der Waals surface area contributed by atoms with Crippen molar-refractivity contribution in [2.45, 2.75) is 6.04 Å². The van der Waals surface area contributed by atoms with Crippen LogP contribution in [-0.2, 0) is 0 Å². The fourth-order valence-electron chi connectivity index (χ4n) is 1.41. The molecule has 0 amide bonds. The van der Waals surface area contributed by atoms with Gasteiger partial charge in [-0.1, -0.05) is 23.9 Å². The van der Waals surface area contributed by atoms with E-state index in [1.54, 1.807) is 25.1 Å². The minimum atomic E-state index is -0.00499. The summed E-state index contributed by atoms with van der Waals surface area (Å²) >= 11 is 1.55. The molecule has 5 heteroatoms. The SMILES string of the molecule is COc1ccc(C2C=NNC(SC)=N2)cc1. The minimum Gasteiger partial charge on any atom is -0.497 e. The summed E-state index contributed by atoms with van der Waals surface area (Å²) in [5.41, 5.74) is 3.96. The molecule has 1 N–H and O–H groups in total. The third kappa shape index (κ3) is 2.36. The van der Waals surface area contributed by atoms with Gasteiger partial charge in [-0.25, -0.2) is 4.99 Å². The lowest BCUT2D eigenvalue weighted by Gasteiger charge is -2.14. The molecule has 1 aromatic rings. The molecule has 0 saturated heterocycles. The van der Waals surface area contributed by atoms with E-state index in [1.165, 1.54) is 0 Å². The lowest BCUT2D eigenvalue weighted by atomic mass is 10.1. The highest BCUT2D eigenvalue weighted by Crippen LogP contribution is 2.21. The number of hydrazone groups is 1. The van der Waals surface area contributed by atoms with Gasteiger partial charge in [-0.3, -0.25) is 5.43 Å². The summed E-state index contributed by atoms with van der Waals surface area (Å²) in [6.45, 7) is 0. The first-order chi connectivity index (χ1) is 7.83. The molecule has 16 heavy (non-hydrogen) atoms. The van der Waals surface area contributed by atoms with Crippen molar-refractivity contribution in [2.24, 2.45) is 10.1 Å². The predicted molar refractivity (Wildman–Crippen MR) is 68.3 cm³/mol. The van der Waals surface area contributed by atoms with Crippen molar-refractivity contribution >= 4 is 23.1 Å². The van der Waals surface area contributed by atoms with Crippen molar-refractivity contribution in [3.05, 3.63) is 29.8 Å². The highest BCUT2D eigenvalue weighted by molar-refractivity contribution is 8.13. The van der Waals surface area contributed by atoms with Gasteiger partial charge in [-0.2, -0.15) is 5.10 Å². The Labute approximate surface area is 98.8 Å². The largest absolute Gasteiger partial charge is 0.497 e. The van der Waals surface area contributed by atoms with Gasteiger partial charge in [0, 0.05) is 0 Å². The van der Waals surface area contributed by atoms with Crippen LogP contribution < -0.4 is 10.2 Å². The molecule has 1 aliphatic rings. The van der Waals surface area contributed by atoms with Gasteiger partial charge in [-0.05, 0) is 24.0 Å². The van der Waals surface area contributed by atoms with Crippen LogP contribution in [0.2, 0.25) is 0 Å². The van der Waals surface area contributed by atoms with Crippen LogP contribution >= 0.6 is 11.8 Å². The maximum atomic E-state index is 5.11. The van der Waals surface area contributed by atoms with Crippen molar-refractivity contribution in [2.75, 3.05) is 13.4 Å². The number of aliphatic imine (C=N–C) groups is 1. The zero-order chi connectivity index (χ0) is 11.4. The van der Waals surface area contributed by atoms with Gasteiger partial charge in [0.15, 0.2) is 5.17 Å². The smallest absolute Gasteiger partial charge is 0.177 e. The van der Waals surface area contributed by atoms with Crippen molar-refractivity contribution in [1.82, 2.24) is 5.43 Å². The first-order valence-corrected chi connectivity index (χ1v) is 6.11. The van der Waals surface area contributed by atoms with E-state index < -0.39 is 0 Å². The molecule has 4 nitrogen and oxygen atoms in total. The number of nitrogens with one attached hydrogen (secondary N) is 1. The van der Waals surface area contributed by atoms with Gasteiger partial charge < -0.3 is 4.74 Å². The number of thioether (sulfide) groups is 1. The Morgan fingerprint density at radius 1 is 1.31 bits per heavy atom. The fourth-order valence-corrected chi connectivity index (χ4v) is 1.77. The van der Waals surface area contributed by atoms with Gasteiger partial charge in [-0.15, -0.1) is 0 Å². The lowest BCUT2D eigenvalue weighted by Crippen LogP contribution is -2.20. The van der Waals surface area contributed by atoms with Gasteiger partial charge in [0.2, 0.25) is 0 Å². The fraction of sp³-hybridized carbons (Fsp3) is 0.273. The third-order valence-corrected chi connectivity index (χ3v) is 2.87. The monoisotopic (exact) mass is 235 g/mol. The van der Waals surface area contributed by atoms with E-state index in [-0.39, 0.29) is 6.04 Å². The Morgan fingerprint density at radius 2 is 2.06 bits per heavy atom. The molecule has 0 spiro atoms. The number of benzene rings is 1. The first-order valence-electron chi connectivity index (χ1n) is 4.88. The standard InChI is InChI=1S/C11H13N3OS/c1-15-9-5-3-8(4-6-9)10-7-12-14-11(13-10)16-2/h3-7,10H,1-2H3,(H,13,14). The molecular weight excluding hydrogens is 222 g/mol. The number of ether oxygens (including phenoxy) is 1. The summed E-state index contributed by atoms with van der Waals surface area (Å²) in [6, 6.07) is 7.86. The molecule has 0 aliphatic carbocycles. The predicted octanol–water partition coefficient (Wildman–Crippen LogP) is 2.04. The third-order valence-electron chi connectivity index (χ3n) is 2.28. The quantitative estimate of drug-likeness (QED) is 0.853. The van der Waals surface area contributed by atoms with Gasteiger partial charge in [0.05, 0.1) is 13.3 Å². The molecule has 0 aromatic heterocycles. The van der Waals surface area contributed by atoms with Crippen molar-refractivity contribution < 1.29 is 4.74 Å². The molecule has 0 fully saturated rings. The molecule has 1 heterocycles. The lowest BCUT2D eigenvalue weighted by molar-refractivity contribution is 0.414. The number of methoxy groups -OCH3 is 1. The Morgan fingerprint density at radius 3 is 2.69 bits per heavy atom. The van der Waals surface area contributed by atoms with Crippen LogP contribution in [-0.4, -0.2) is 24.7 Å². The molecule has 0 radical (unpaired) electrons. The van der Waals surface area contributed by atoms with Crippen molar-refractivity contribution in [3.63, 3.8) is 0 Å². The van der Waals surface area contributed by atoms with Crippen molar-refractivity contribution in [1.29, 1.82) is 0 Å². The zero-order valence-corrected chi connectivity index (χ0v) is 9.99. The highest BCUT2D eigenvalue weighted by Gasteiger charge is 2.12. The molecule has 0 saturated carbocycles. The number of hydrogen-bond acceptors (Lipinski definition) is 5. The maximum absolute atomic E-state index is 5.11. The second kappa shape index (κ2) is 5.03. The van der Waals surface area contributed by atoms with Crippen molar-refractivity contribution in [3.8, 4) is 5.75 Å². The normalized spacial score (nSPS) is 18.9. The molecule has 1 aromatic carbocycles. The van der Waals surface area contributed by atoms with Crippen LogP contribution in [0.25, 0.3) is 0 Å². The summed E-state index contributed by atoms with van der Waals surface area (Å²) < 4.78 is 5.11. The van der Waals surface area contributed by atoms with E-state index in [2.05, 4.69) is 15.5 Å². The number of nitrogens with zero attached hydrogens (tertiary/aromatic N) is 2. The van der Waals surface area contributed by atoms with Crippen LogP contribution in [0.15, 0.2) is 34.4 Å². The van der Waals surface area contributed by atoms with E-state index in [1.807, 2.05) is 30.5 Å². The Bertz CT molecular complexity index is 414. The molecular formula is C11H13N3OS. The molecule has 1 aliphatic heterocycles. The highest BCUT2D eigenvalue weighted by atomic mass is 32.2. The summed E-state index contributed by atoms with van der Waals surface area (Å²) in [5.74, 6) is 0.851. The van der Waals surface area contributed by atoms with Gasteiger partial charge in [0.25, 0.3) is 0 Å².